The summed E-state index contributed by atoms with van der Waals surface area (Å²) in [6, 6.07) is 3.81. The van der Waals surface area contributed by atoms with Crippen molar-refractivity contribution in [1.82, 2.24) is 24.9 Å². The second-order valence-corrected chi connectivity index (χ2v) is 3.07. The fraction of sp³-hybridized carbons (Fsp3) is 0. The van der Waals surface area contributed by atoms with Gasteiger partial charge >= 0.3 is 0 Å². The van der Waals surface area contributed by atoms with E-state index in [1.807, 2.05) is 12.1 Å². The lowest BCUT2D eigenvalue weighted by Crippen LogP contribution is -1.88. The van der Waals surface area contributed by atoms with Crippen molar-refractivity contribution >= 4 is 11.3 Å². The SMILES string of the molecule is c1cncc(-c2cnc3nc[nH]c3n2)c1. The summed E-state index contributed by atoms with van der Waals surface area (Å²) in [5.74, 6) is 0. The third-order valence-electron chi connectivity index (χ3n) is 2.10. The molecule has 0 saturated heterocycles. The van der Waals surface area contributed by atoms with E-state index in [1.54, 1.807) is 24.9 Å². The lowest BCUT2D eigenvalue weighted by Gasteiger charge is -1.97. The lowest BCUT2D eigenvalue weighted by atomic mass is 10.2. The summed E-state index contributed by atoms with van der Waals surface area (Å²) in [6.45, 7) is 0. The van der Waals surface area contributed by atoms with E-state index in [9.17, 15) is 0 Å². The Hall–Kier alpha value is -2.30. The second kappa shape index (κ2) is 3.13. The van der Waals surface area contributed by atoms with Crippen molar-refractivity contribution in [2.45, 2.75) is 0 Å². The van der Waals surface area contributed by atoms with Crippen LogP contribution in [-0.2, 0) is 0 Å². The number of nitrogens with one attached hydrogen (secondary N) is 1. The number of hydrogen-bond acceptors (Lipinski definition) is 4. The average molecular weight is 197 g/mol. The molecule has 0 aliphatic heterocycles. The van der Waals surface area contributed by atoms with Crippen molar-refractivity contribution in [2.24, 2.45) is 0 Å². The number of fused-ring (bicyclic) bond motifs is 1. The summed E-state index contributed by atoms with van der Waals surface area (Å²) < 4.78 is 0. The van der Waals surface area contributed by atoms with Gasteiger partial charge in [-0.2, -0.15) is 0 Å². The van der Waals surface area contributed by atoms with E-state index in [4.69, 9.17) is 0 Å². The van der Waals surface area contributed by atoms with E-state index in [-0.39, 0.29) is 0 Å². The molecule has 5 heteroatoms. The van der Waals surface area contributed by atoms with Gasteiger partial charge in [0.15, 0.2) is 11.3 Å². The fourth-order valence-corrected chi connectivity index (χ4v) is 1.38. The summed E-state index contributed by atoms with van der Waals surface area (Å²) in [5, 5.41) is 0. The number of aromatic amines is 1. The third-order valence-corrected chi connectivity index (χ3v) is 2.10. The number of hydrogen-bond donors (Lipinski definition) is 1. The molecule has 72 valence electrons. The highest BCUT2D eigenvalue weighted by Gasteiger charge is 2.03. The predicted molar refractivity (Wildman–Crippen MR) is 54.9 cm³/mol. The molecule has 5 nitrogen and oxygen atoms in total. The van der Waals surface area contributed by atoms with Crippen molar-refractivity contribution in [2.75, 3.05) is 0 Å². The van der Waals surface area contributed by atoms with Gasteiger partial charge < -0.3 is 4.98 Å². The third kappa shape index (κ3) is 1.34. The van der Waals surface area contributed by atoms with Crippen LogP contribution in [0.3, 0.4) is 0 Å². The van der Waals surface area contributed by atoms with Crippen LogP contribution in [0, 0.1) is 0 Å². The molecule has 0 amide bonds. The molecule has 0 aromatic carbocycles. The summed E-state index contributed by atoms with van der Waals surface area (Å²) in [7, 11) is 0. The quantitative estimate of drug-likeness (QED) is 0.640. The monoisotopic (exact) mass is 197 g/mol. The van der Waals surface area contributed by atoms with Crippen molar-refractivity contribution in [3.63, 3.8) is 0 Å². The Morgan fingerprint density at radius 3 is 3.00 bits per heavy atom. The topological polar surface area (TPSA) is 67.3 Å². The molecule has 0 bridgehead atoms. The van der Waals surface area contributed by atoms with Gasteiger partial charge in [-0.3, -0.25) is 4.98 Å². The zero-order valence-corrected chi connectivity index (χ0v) is 7.75. The molecule has 0 radical (unpaired) electrons. The van der Waals surface area contributed by atoms with Crippen LogP contribution in [0.5, 0.6) is 0 Å². The molecule has 0 spiro atoms. The van der Waals surface area contributed by atoms with Crippen molar-refractivity contribution in [3.8, 4) is 11.3 Å². The molecule has 0 saturated carbocycles. The minimum absolute atomic E-state index is 0.627. The molecule has 0 aliphatic carbocycles. The highest BCUT2D eigenvalue weighted by Crippen LogP contribution is 2.15. The van der Waals surface area contributed by atoms with Crippen LogP contribution >= 0.6 is 0 Å². The van der Waals surface area contributed by atoms with Crippen molar-refractivity contribution in [1.29, 1.82) is 0 Å². The van der Waals surface area contributed by atoms with Gasteiger partial charge in [-0.05, 0) is 12.1 Å². The number of nitrogens with zero attached hydrogens (tertiary/aromatic N) is 4. The van der Waals surface area contributed by atoms with Gasteiger partial charge in [0.25, 0.3) is 0 Å². The molecule has 3 rings (SSSR count). The lowest BCUT2D eigenvalue weighted by molar-refractivity contribution is 1.24. The molecule has 3 heterocycles. The zero-order chi connectivity index (χ0) is 10.1. The number of rotatable bonds is 1. The molecule has 0 fully saturated rings. The summed E-state index contributed by atoms with van der Waals surface area (Å²) in [5.41, 5.74) is 3.06. The Bertz CT molecular complexity index is 587. The van der Waals surface area contributed by atoms with E-state index in [0.717, 1.165) is 11.3 Å². The minimum Gasteiger partial charge on any atom is -0.328 e. The van der Waals surface area contributed by atoms with Crippen LogP contribution in [0.15, 0.2) is 37.1 Å². The maximum absolute atomic E-state index is 4.38. The van der Waals surface area contributed by atoms with Gasteiger partial charge in [-0.1, -0.05) is 0 Å². The first-order chi connectivity index (χ1) is 7.43. The average Bonchev–Trinajstić information content (AvgIpc) is 2.77. The molecule has 0 aliphatic rings. The van der Waals surface area contributed by atoms with Crippen LogP contribution in [0.4, 0.5) is 0 Å². The highest BCUT2D eigenvalue weighted by atomic mass is 15.0. The number of H-pyrrole nitrogens is 1. The first-order valence-corrected chi connectivity index (χ1v) is 4.50. The number of imidazole rings is 1. The Kier molecular flexibility index (Phi) is 1.68. The smallest absolute Gasteiger partial charge is 0.197 e. The summed E-state index contributed by atoms with van der Waals surface area (Å²) >= 11 is 0. The molecular weight excluding hydrogens is 190 g/mol. The molecule has 0 atom stereocenters. The van der Waals surface area contributed by atoms with Gasteiger partial charge in [-0.25, -0.2) is 15.0 Å². The maximum atomic E-state index is 4.38. The molecule has 0 unspecified atom stereocenters. The Labute approximate surface area is 85.3 Å². The molecular formula is C10H7N5. The Balaban J connectivity index is 2.19. The standard InChI is InChI=1S/C10H7N5/c1-2-7(4-11-3-1)8-5-12-9-10(15-8)14-6-13-9/h1-6H,(H,12,13,14,15). The zero-order valence-electron chi connectivity index (χ0n) is 7.75. The first-order valence-electron chi connectivity index (χ1n) is 4.50. The van der Waals surface area contributed by atoms with Crippen LogP contribution in [0.2, 0.25) is 0 Å². The van der Waals surface area contributed by atoms with Gasteiger partial charge in [0.1, 0.15) is 0 Å². The molecule has 15 heavy (non-hydrogen) atoms. The van der Waals surface area contributed by atoms with E-state index < -0.39 is 0 Å². The number of pyridine rings is 1. The van der Waals surface area contributed by atoms with Gasteiger partial charge in [-0.15, -0.1) is 0 Å². The van der Waals surface area contributed by atoms with Gasteiger partial charge in [0.2, 0.25) is 0 Å². The molecule has 3 aromatic rings. The minimum atomic E-state index is 0.627. The molecule has 3 aromatic heterocycles. The highest BCUT2D eigenvalue weighted by molar-refractivity contribution is 5.69. The summed E-state index contributed by atoms with van der Waals surface area (Å²) in [4.78, 5) is 19.5. The van der Waals surface area contributed by atoms with Crippen LogP contribution < -0.4 is 0 Å². The van der Waals surface area contributed by atoms with Gasteiger partial charge in [0.05, 0.1) is 18.2 Å². The number of aromatic nitrogens is 5. The van der Waals surface area contributed by atoms with Crippen molar-refractivity contribution < 1.29 is 0 Å². The second-order valence-electron chi connectivity index (χ2n) is 3.07. The Morgan fingerprint density at radius 1 is 1.13 bits per heavy atom. The van der Waals surface area contributed by atoms with E-state index in [0.29, 0.717) is 11.3 Å². The largest absolute Gasteiger partial charge is 0.328 e. The van der Waals surface area contributed by atoms with E-state index in [1.165, 1.54) is 0 Å². The Morgan fingerprint density at radius 2 is 2.13 bits per heavy atom. The van der Waals surface area contributed by atoms with E-state index in [2.05, 4.69) is 24.9 Å². The normalized spacial score (nSPS) is 10.7. The van der Waals surface area contributed by atoms with Crippen molar-refractivity contribution in [3.05, 3.63) is 37.1 Å². The van der Waals surface area contributed by atoms with Crippen LogP contribution in [-0.4, -0.2) is 24.9 Å². The predicted octanol–water partition coefficient (Wildman–Crippen LogP) is 1.41. The molecule has 1 N–H and O–H groups in total. The fourth-order valence-electron chi connectivity index (χ4n) is 1.38. The first kappa shape index (κ1) is 8.05. The van der Waals surface area contributed by atoms with Crippen LogP contribution in [0.25, 0.3) is 22.6 Å². The van der Waals surface area contributed by atoms with Gasteiger partial charge in [0, 0.05) is 18.0 Å². The maximum Gasteiger partial charge on any atom is 0.197 e. The summed E-state index contributed by atoms with van der Waals surface area (Å²) in [6.07, 6.45) is 6.76. The van der Waals surface area contributed by atoms with E-state index >= 15 is 0 Å². The van der Waals surface area contributed by atoms with Crippen LogP contribution in [0.1, 0.15) is 0 Å².